The molecule has 0 saturated carbocycles. The summed E-state index contributed by atoms with van der Waals surface area (Å²) in [6.07, 6.45) is 0. The van der Waals surface area contributed by atoms with Crippen LogP contribution in [-0.2, 0) is 13.1 Å². The van der Waals surface area contributed by atoms with Crippen LogP contribution in [0.5, 0.6) is 5.75 Å². The van der Waals surface area contributed by atoms with Crippen LogP contribution in [0.2, 0.25) is 0 Å². The number of aryl methyl sites for hydroxylation is 1. The molecule has 4 nitrogen and oxygen atoms in total. The van der Waals surface area contributed by atoms with Crippen molar-refractivity contribution in [1.29, 1.82) is 0 Å². The van der Waals surface area contributed by atoms with Crippen LogP contribution in [0.15, 0.2) is 40.8 Å². The van der Waals surface area contributed by atoms with Crippen LogP contribution in [0.4, 0.5) is 0 Å². The van der Waals surface area contributed by atoms with Gasteiger partial charge in [0.1, 0.15) is 17.3 Å². The fraction of sp³-hybridized carbons (Fsp3) is 0.267. The van der Waals surface area contributed by atoms with Gasteiger partial charge in [0.05, 0.1) is 13.7 Å². The standard InChI is InChI=1S/C15H18N2O2S/c1-11-3-6-14(19-11)10-17-15(20)16-9-12-4-7-13(18-2)8-5-12/h3-8H,9-10H2,1-2H3,(H2,16,17,20). The molecule has 5 heteroatoms. The van der Waals surface area contributed by atoms with Crippen molar-refractivity contribution < 1.29 is 9.15 Å². The van der Waals surface area contributed by atoms with E-state index in [2.05, 4.69) is 10.6 Å². The molecule has 2 rings (SSSR count). The van der Waals surface area contributed by atoms with Crippen LogP contribution in [0.1, 0.15) is 17.1 Å². The Labute approximate surface area is 124 Å². The zero-order valence-corrected chi connectivity index (χ0v) is 12.4. The summed E-state index contributed by atoms with van der Waals surface area (Å²) in [4.78, 5) is 0. The van der Waals surface area contributed by atoms with Crippen molar-refractivity contribution >= 4 is 17.3 Å². The molecule has 0 saturated heterocycles. The molecule has 0 aliphatic carbocycles. The molecule has 106 valence electrons. The fourth-order valence-electron chi connectivity index (χ4n) is 1.74. The average Bonchev–Trinajstić information content (AvgIpc) is 2.89. The van der Waals surface area contributed by atoms with Crippen LogP contribution in [0.3, 0.4) is 0 Å². The summed E-state index contributed by atoms with van der Waals surface area (Å²) in [5.41, 5.74) is 1.14. The molecule has 20 heavy (non-hydrogen) atoms. The molecule has 0 fully saturated rings. The van der Waals surface area contributed by atoms with Gasteiger partial charge in [0.2, 0.25) is 0 Å². The summed E-state index contributed by atoms with van der Waals surface area (Å²) in [5, 5.41) is 6.86. The van der Waals surface area contributed by atoms with Crippen LogP contribution >= 0.6 is 12.2 Å². The predicted molar refractivity (Wildman–Crippen MR) is 82.7 cm³/mol. The predicted octanol–water partition coefficient (Wildman–Crippen LogP) is 2.76. The second-order valence-corrected chi connectivity index (χ2v) is 4.80. The van der Waals surface area contributed by atoms with Crippen molar-refractivity contribution in [3.8, 4) is 5.75 Å². The van der Waals surface area contributed by atoms with Gasteiger partial charge in [-0.2, -0.15) is 0 Å². The number of hydrogen-bond acceptors (Lipinski definition) is 3. The Morgan fingerprint density at radius 3 is 2.40 bits per heavy atom. The lowest BCUT2D eigenvalue weighted by Crippen LogP contribution is -2.34. The maximum atomic E-state index is 5.46. The maximum Gasteiger partial charge on any atom is 0.166 e. The zero-order chi connectivity index (χ0) is 14.4. The maximum absolute atomic E-state index is 5.46. The molecular formula is C15H18N2O2S. The molecule has 0 aliphatic heterocycles. The minimum absolute atomic E-state index is 0.586. The Kier molecular flexibility index (Phi) is 5.01. The summed E-state index contributed by atoms with van der Waals surface area (Å²) >= 11 is 5.22. The van der Waals surface area contributed by atoms with Crippen molar-refractivity contribution in [3.63, 3.8) is 0 Å². The molecular weight excluding hydrogens is 272 g/mol. The highest BCUT2D eigenvalue weighted by molar-refractivity contribution is 7.80. The van der Waals surface area contributed by atoms with Gasteiger partial charge in [-0.25, -0.2) is 0 Å². The lowest BCUT2D eigenvalue weighted by atomic mass is 10.2. The monoisotopic (exact) mass is 290 g/mol. The van der Waals surface area contributed by atoms with E-state index >= 15 is 0 Å². The first-order chi connectivity index (χ1) is 9.67. The highest BCUT2D eigenvalue weighted by Gasteiger charge is 2.01. The van der Waals surface area contributed by atoms with Crippen molar-refractivity contribution in [3.05, 3.63) is 53.5 Å². The fourth-order valence-corrected chi connectivity index (χ4v) is 1.88. The van der Waals surface area contributed by atoms with E-state index in [1.807, 2.05) is 43.3 Å². The minimum Gasteiger partial charge on any atom is -0.497 e. The Balaban J connectivity index is 1.74. The molecule has 2 N–H and O–H groups in total. The number of hydrogen-bond donors (Lipinski definition) is 2. The van der Waals surface area contributed by atoms with Gasteiger partial charge in [0.25, 0.3) is 0 Å². The van der Waals surface area contributed by atoms with E-state index in [1.165, 1.54) is 0 Å². The van der Waals surface area contributed by atoms with Gasteiger partial charge in [0.15, 0.2) is 5.11 Å². The first kappa shape index (κ1) is 14.4. The molecule has 0 radical (unpaired) electrons. The minimum atomic E-state index is 0.586. The van der Waals surface area contributed by atoms with Crippen molar-refractivity contribution in [2.24, 2.45) is 0 Å². The Hall–Kier alpha value is -2.01. The van der Waals surface area contributed by atoms with E-state index in [-0.39, 0.29) is 0 Å². The van der Waals surface area contributed by atoms with Gasteiger partial charge in [-0.3, -0.25) is 0 Å². The third kappa shape index (κ3) is 4.28. The molecule has 0 unspecified atom stereocenters. The largest absolute Gasteiger partial charge is 0.497 e. The molecule has 0 amide bonds. The highest BCUT2D eigenvalue weighted by atomic mass is 32.1. The molecule has 1 aromatic heterocycles. The van der Waals surface area contributed by atoms with Crippen molar-refractivity contribution in [2.75, 3.05) is 7.11 Å². The quantitative estimate of drug-likeness (QED) is 0.829. The zero-order valence-electron chi connectivity index (χ0n) is 11.6. The average molecular weight is 290 g/mol. The van der Waals surface area contributed by atoms with E-state index in [4.69, 9.17) is 21.4 Å². The SMILES string of the molecule is COc1ccc(CNC(=S)NCc2ccc(C)o2)cc1. The smallest absolute Gasteiger partial charge is 0.166 e. The Bertz CT molecular complexity index is 564. The van der Waals surface area contributed by atoms with Crippen LogP contribution in [0, 0.1) is 6.92 Å². The summed E-state index contributed by atoms with van der Waals surface area (Å²) in [6, 6.07) is 11.7. The van der Waals surface area contributed by atoms with Crippen molar-refractivity contribution in [2.45, 2.75) is 20.0 Å². The Morgan fingerprint density at radius 2 is 1.80 bits per heavy atom. The van der Waals surface area contributed by atoms with Gasteiger partial charge in [0, 0.05) is 6.54 Å². The van der Waals surface area contributed by atoms with Crippen molar-refractivity contribution in [1.82, 2.24) is 10.6 Å². The van der Waals surface area contributed by atoms with Gasteiger partial charge in [-0.1, -0.05) is 12.1 Å². The van der Waals surface area contributed by atoms with Gasteiger partial charge >= 0.3 is 0 Å². The third-order valence-electron chi connectivity index (χ3n) is 2.83. The van der Waals surface area contributed by atoms with Gasteiger partial charge in [-0.15, -0.1) is 0 Å². The molecule has 0 aliphatic rings. The van der Waals surface area contributed by atoms with E-state index in [0.29, 0.717) is 18.2 Å². The number of nitrogens with one attached hydrogen (secondary N) is 2. The second kappa shape index (κ2) is 6.96. The Morgan fingerprint density at radius 1 is 1.10 bits per heavy atom. The summed E-state index contributed by atoms with van der Waals surface area (Å²) in [7, 11) is 1.66. The molecule has 0 spiro atoms. The van der Waals surface area contributed by atoms with Crippen LogP contribution < -0.4 is 15.4 Å². The number of rotatable bonds is 5. The van der Waals surface area contributed by atoms with Gasteiger partial charge in [-0.05, 0) is 49.0 Å². The first-order valence-electron chi connectivity index (χ1n) is 6.37. The second-order valence-electron chi connectivity index (χ2n) is 4.40. The number of methoxy groups -OCH3 is 1. The summed E-state index contributed by atoms with van der Waals surface area (Å²) < 4.78 is 10.6. The normalized spacial score (nSPS) is 10.1. The van der Waals surface area contributed by atoms with Gasteiger partial charge < -0.3 is 19.8 Å². The number of furan rings is 1. The van der Waals surface area contributed by atoms with Crippen LogP contribution in [-0.4, -0.2) is 12.2 Å². The number of ether oxygens (including phenoxy) is 1. The molecule has 0 bridgehead atoms. The number of thiocarbonyl (C=S) groups is 1. The third-order valence-corrected chi connectivity index (χ3v) is 3.12. The number of benzene rings is 1. The van der Waals surface area contributed by atoms with Crippen LogP contribution in [0.25, 0.3) is 0 Å². The lowest BCUT2D eigenvalue weighted by molar-refractivity contribution is 0.414. The highest BCUT2D eigenvalue weighted by Crippen LogP contribution is 2.11. The van der Waals surface area contributed by atoms with E-state index in [1.54, 1.807) is 7.11 Å². The van der Waals surface area contributed by atoms with E-state index in [0.717, 1.165) is 22.8 Å². The first-order valence-corrected chi connectivity index (χ1v) is 6.78. The topological polar surface area (TPSA) is 46.4 Å². The molecule has 1 aromatic carbocycles. The van der Waals surface area contributed by atoms with E-state index in [9.17, 15) is 0 Å². The lowest BCUT2D eigenvalue weighted by Gasteiger charge is -2.10. The summed E-state index contributed by atoms with van der Waals surface area (Å²) in [5.74, 6) is 2.62. The molecule has 2 aromatic rings. The summed E-state index contributed by atoms with van der Waals surface area (Å²) in [6.45, 7) is 3.18. The molecule has 1 heterocycles. The molecule has 0 atom stereocenters. The van der Waals surface area contributed by atoms with E-state index < -0.39 is 0 Å².